The van der Waals surface area contributed by atoms with Crippen molar-refractivity contribution < 1.29 is 4.79 Å². The van der Waals surface area contributed by atoms with Gasteiger partial charge in [-0.2, -0.15) is 0 Å². The molecule has 1 aliphatic heterocycles. The number of piperidine rings is 1. The summed E-state index contributed by atoms with van der Waals surface area (Å²) in [5.74, 6) is 0.739. The van der Waals surface area contributed by atoms with Gasteiger partial charge < -0.3 is 10.2 Å². The van der Waals surface area contributed by atoms with Gasteiger partial charge in [-0.15, -0.1) is 0 Å². The zero-order valence-electron chi connectivity index (χ0n) is 13.9. The first-order chi connectivity index (χ1) is 11.1. The molecule has 2 aromatic rings. The van der Waals surface area contributed by atoms with Gasteiger partial charge in [0.25, 0.3) is 5.91 Å². The summed E-state index contributed by atoms with van der Waals surface area (Å²) >= 11 is 0. The number of nitrogens with one attached hydrogen (secondary N) is 1. The van der Waals surface area contributed by atoms with E-state index in [9.17, 15) is 4.79 Å². The van der Waals surface area contributed by atoms with Crippen LogP contribution in [-0.2, 0) is 0 Å². The Labute approximate surface area is 138 Å². The van der Waals surface area contributed by atoms with Gasteiger partial charge in [0, 0.05) is 18.7 Å². The zero-order chi connectivity index (χ0) is 16.2. The molecule has 23 heavy (non-hydrogen) atoms. The maximum atomic E-state index is 12.5. The lowest BCUT2D eigenvalue weighted by Gasteiger charge is -2.33. The van der Waals surface area contributed by atoms with E-state index in [1.165, 1.54) is 12.8 Å². The molecule has 0 bridgehead atoms. The van der Waals surface area contributed by atoms with E-state index in [1.807, 2.05) is 49.4 Å². The first kappa shape index (κ1) is 15.6. The highest BCUT2D eigenvalue weighted by Crippen LogP contribution is 2.30. The van der Waals surface area contributed by atoms with Crippen molar-refractivity contribution >= 4 is 17.3 Å². The monoisotopic (exact) mass is 308 g/mol. The van der Waals surface area contributed by atoms with Gasteiger partial charge in [0.15, 0.2) is 0 Å². The molecular weight excluding hydrogens is 284 g/mol. The second kappa shape index (κ2) is 6.86. The molecule has 3 rings (SSSR count). The van der Waals surface area contributed by atoms with Crippen molar-refractivity contribution in [3.05, 3.63) is 59.7 Å². The fourth-order valence-corrected chi connectivity index (χ4v) is 3.00. The molecule has 2 aromatic carbocycles. The van der Waals surface area contributed by atoms with Crippen LogP contribution in [0.1, 0.15) is 35.7 Å². The molecule has 0 saturated carbocycles. The largest absolute Gasteiger partial charge is 0.370 e. The van der Waals surface area contributed by atoms with Gasteiger partial charge in [0.2, 0.25) is 0 Å². The van der Waals surface area contributed by atoms with Crippen LogP contribution in [0.3, 0.4) is 0 Å². The van der Waals surface area contributed by atoms with E-state index in [4.69, 9.17) is 0 Å². The van der Waals surface area contributed by atoms with Crippen LogP contribution in [0.5, 0.6) is 0 Å². The fraction of sp³-hybridized carbons (Fsp3) is 0.350. The number of aryl methyl sites for hydroxylation is 1. The second-order valence-corrected chi connectivity index (χ2v) is 6.51. The fourth-order valence-electron chi connectivity index (χ4n) is 3.00. The van der Waals surface area contributed by atoms with E-state index >= 15 is 0 Å². The lowest BCUT2D eigenvalue weighted by molar-refractivity contribution is 0.102. The van der Waals surface area contributed by atoms with Crippen LogP contribution in [0.4, 0.5) is 11.4 Å². The van der Waals surface area contributed by atoms with Crippen LogP contribution in [0.25, 0.3) is 0 Å². The number of rotatable bonds is 3. The number of hydrogen-bond acceptors (Lipinski definition) is 2. The standard InChI is InChI=1S/C20H24N2O/c1-15-7-9-17(10-8-15)20(23)21-18-5-3-4-6-19(18)22-13-11-16(2)12-14-22/h3-10,16H,11-14H2,1-2H3,(H,21,23). The summed E-state index contributed by atoms with van der Waals surface area (Å²) < 4.78 is 0. The van der Waals surface area contributed by atoms with Crippen molar-refractivity contribution in [3.63, 3.8) is 0 Å². The second-order valence-electron chi connectivity index (χ2n) is 6.51. The van der Waals surface area contributed by atoms with Crippen LogP contribution < -0.4 is 10.2 Å². The minimum Gasteiger partial charge on any atom is -0.370 e. The number of nitrogens with zero attached hydrogens (tertiary/aromatic N) is 1. The lowest BCUT2D eigenvalue weighted by Crippen LogP contribution is -2.33. The number of anilines is 2. The minimum atomic E-state index is -0.0529. The number of para-hydroxylation sites is 2. The molecule has 3 nitrogen and oxygen atoms in total. The molecule has 0 aromatic heterocycles. The maximum absolute atomic E-state index is 12.5. The van der Waals surface area contributed by atoms with Crippen LogP contribution in [0.15, 0.2) is 48.5 Å². The van der Waals surface area contributed by atoms with Gasteiger partial charge in [-0.1, -0.05) is 36.8 Å². The van der Waals surface area contributed by atoms with E-state index in [-0.39, 0.29) is 5.91 Å². The Bertz CT molecular complexity index is 670. The summed E-state index contributed by atoms with van der Waals surface area (Å²) in [4.78, 5) is 14.9. The van der Waals surface area contributed by atoms with E-state index < -0.39 is 0 Å². The third kappa shape index (κ3) is 3.73. The van der Waals surface area contributed by atoms with E-state index in [2.05, 4.69) is 23.2 Å². The minimum absolute atomic E-state index is 0.0529. The molecule has 1 N–H and O–H groups in total. The van der Waals surface area contributed by atoms with Crippen molar-refractivity contribution in [2.45, 2.75) is 26.7 Å². The molecule has 1 heterocycles. The van der Waals surface area contributed by atoms with E-state index in [0.29, 0.717) is 5.56 Å². The number of amides is 1. The zero-order valence-corrected chi connectivity index (χ0v) is 13.9. The van der Waals surface area contributed by atoms with Crippen LogP contribution >= 0.6 is 0 Å². The molecule has 0 atom stereocenters. The summed E-state index contributed by atoms with van der Waals surface area (Å²) in [5, 5.41) is 3.07. The Kier molecular flexibility index (Phi) is 4.65. The summed E-state index contributed by atoms with van der Waals surface area (Å²) in [7, 11) is 0. The number of benzene rings is 2. The van der Waals surface area contributed by atoms with Gasteiger partial charge >= 0.3 is 0 Å². The van der Waals surface area contributed by atoms with Crippen molar-refractivity contribution in [2.75, 3.05) is 23.3 Å². The first-order valence-corrected chi connectivity index (χ1v) is 8.35. The van der Waals surface area contributed by atoms with E-state index in [0.717, 1.165) is 35.9 Å². The molecule has 1 amide bonds. The number of carbonyl (C=O) groups excluding carboxylic acids is 1. The van der Waals surface area contributed by atoms with Crippen LogP contribution in [-0.4, -0.2) is 19.0 Å². The van der Waals surface area contributed by atoms with Gasteiger partial charge in [0.1, 0.15) is 0 Å². The first-order valence-electron chi connectivity index (χ1n) is 8.35. The Morgan fingerprint density at radius 2 is 1.70 bits per heavy atom. The third-order valence-corrected chi connectivity index (χ3v) is 4.59. The molecule has 0 spiro atoms. The Morgan fingerprint density at radius 3 is 2.39 bits per heavy atom. The molecule has 0 unspecified atom stereocenters. The smallest absolute Gasteiger partial charge is 0.255 e. The SMILES string of the molecule is Cc1ccc(C(=O)Nc2ccccc2N2CCC(C)CC2)cc1. The van der Waals surface area contributed by atoms with Crippen molar-refractivity contribution in [2.24, 2.45) is 5.92 Å². The van der Waals surface area contributed by atoms with E-state index in [1.54, 1.807) is 0 Å². The Morgan fingerprint density at radius 1 is 1.04 bits per heavy atom. The molecule has 3 heteroatoms. The highest BCUT2D eigenvalue weighted by Gasteiger charge is 2.19. The average molecular weight is 308 g/mol. The predicted octanol–water partition coefficient (Wildman–Crippen LogP) is 4.48. The highest BCUT2D eigenvalue weighted by atomic mass is 16.1. The molecule has 0 aliphatic carbocycles. The van der Waals surface area contributed by atoms with Gasteiger partial charge in [-0.3, -0.25) is 4.79 Å². The lowest BCUT2D eigenvalue weighted by atomic mass is 9.98. The molecule has 1 fully saturated rings. The highest BCUT2D eigenvalue weighted by molar-refractivity contribution is 6.06. The number of carbonyl (C=O) groups is 1. The van der Waals surface area contributed by atoms with Crippen molar-refractivity contribution in [1.29, 1.82) is 0 Å². The molecule has 1 saturated heterocycles. The molecular formula is C20H24N2O. The molecule has 0 radical (unpaired) electrons. The van der Waals surface area contributed by atoms with Crippen LogP contribution in [0, 0.1) is 12.8 Å². The normalized spacial score (nSPS) is 15.5. The Hall–Kier alpha value is -2.29. The third-order valence-electron chi connectivity index (χ3n) is 4.59. The maximum Gasteiger partial charge on any atom is 0.255 e. The van der Waals surface area contributed by atoms with Gasteiger partial charge in [-0.25, -0.2) is 0 Å². The summed E-state index contributed by atoms with van der Waals surface area (Å²) in [6.07, 6.45) is 2.42. The van der Waals surface area contributed by atoms with Gasteiger partial charge in [-0.05, 0) is 49.9 Å². The summed E-state index contributed by atoms with van der Waals surface area (Å²) in [5.41, 5.74) is 3.87. The van der Waals surface area contributed by atoms with Crippen molar-refractivity contribution in [1.82, 2.24) is 0 Å². The quantitative estimate of drug-likeness (QED) is 0.906. The summed E-state index contributed by atoms with van der Waals surface area (Å²) in [6, 6.07) is 15.8. The van der Waals surface area contributed by atoms with Crippen molar-refractivity contribution in [3.8, 4) is 0 Å². The summed E-state index contributed by atoms with van der Waals surface area (Å²) in [6.45, 7) is 6.44. The molecule has 120 valence electrons. The average Bonchev–Trinajstić information content (AvgIpc) is 2.57. The number of hydrogen-bond donors (Lipinski definition) is 1. The van der Waals surface area contributed by atoms with Crippen LogP contribution in [0.2, 0.25) is 0 Å². The topological polar surface area (TPSA) is 32.3 Å². The Balaban J connectivity index is 1.77. The predicted molar refractivity (Wildman–Crippen MR) is 96.2 cm³/mol. The van der Waals surface area contributed by atoms with Gasteiger partial charge in [0.05, 0.1) is 11.4 Å². The molecule has 1 aliphatic rings.